The first kappa shape index (κ1) is 14.0. The molecule has 1 saturated heterocycles. The van der Waals surface area contributed by atoms with Crippen LogP contribution in [0.15, 0.2) is 0 Å². The Kier molecular flexibility index (Phi) is 5.97. The third kappa shape index (κ3) is 4.73. The zero-order valence-electron chi connectivity index (χ0n) is 10.8. The van der Waals surface area contributed by atoms with Crippen LogP contribution < -0.4 is 10.6 Å². The van der Waals surface area contributed by atoms with Crippen molar-refractivity contribution in [3.05, 3.63) is 0 Å². The van der Waals surface area contributed by atoms with Gasteiger partial charge in [0.25, 0.3) is 0 Å². The van der Waals surface area contributed by atoms with Crippen LogP contribution in [0.4, 0.5) is 0 Å². The van der Waals surface area contributed by atoms with Gasteiger partial charge >= 0.3 is 0 Å². The maximum atomic E-state index is 12.0. The van der Waals surface area contributed by atoms with Gasteiger partial charge in [0, 0.05) is 13.1 Å². The molecule has 5 nitrogen and oxygen atoms in total. The number of likely N-dealkylation sites (N-methyl/N-ethyl adjacent to an activating group) is 1. The van der Waals surface area contributed by atoms with E-state index in [0.717, 1.165) is 32.5 Å². The van der Waals surface area contributed by atoms with E-state index < -0.39 is 6.04 Å². The van der Waals surface area contributed by atoms with Crippen molar-refractivity contribution < 1.29 is 9.59 Å². The van der Waals surface area contributed by atoms with Gasteiger partial charge in [-0.3, -0.25) is 9.59 Å². The molecule has 1 aliphatic heterocycles. The smallest absolute Gasteiger partial charge is 0.244 e. The van der Waals surface area contributed by atoms with E-state index >= 15 is 0 Å². The number of carbonyl (C=O) groups is 2. The zero-order valence-corrected chi connectivity index (χ0v) is 10.8. The maximum Gasteiger partial charge on any atom is 0.244 e. The number of carbonyl (C=O) groups excluding carboxylic acids is 2. The monoisotopic (exact) mass is 241 g/mol. The number of piperidine rings is 1. The molecule has 0 bridgehead atoms. The van der Waals surface area contributed by atoms with Crippen LogP contribution in [-0.2, 0) is 9.59 Å². The van der Waals surface area contributed by atoms with E-state index in [-0.39, 0.29) is 18.4 Å². The lowest BCUT2D eigenvalue weighted by Gasteiger charge is -2.29. The fourth-order valence-electron chi connectivity index (χ4n) is 1.98. The number of hydrogen-bond acceptors (Lipinski definition) is 3. The van der Waals surface area contributed by atoms with Crippen LogP contribution in [0.25, 0.3) is 0 Å². The number of nitrogens with one attached hydrogen (secondary N) is 2. The molecule has 17 heavy (non-hydrogen) atoms. The lowest BCUT2D eigenvalue weighted by Crippen LogP contribution is -2.50. The van der Waals surface area contributed by atoms with Crippen LogP contribution in [-0.4, -0.2) is 48.9 Å². The average Bonchev–Trinajstić information content (AvgIpc) is 2.36. The predicted octanol–water partition coefficient (Wildman–Crippen LogP) is 0.113. The first-order chi connectivity index (χ1) is 8.15. The number of likely N-dealkylation sites (tertiary alicyclic amines) is 1. The lowest BCUT2D eigenvalue weighted by atomic mass is 10.1. The predicted molar refractivity (Wildman–Crippen MR) is 66.6 cm³/mol. The molecule has 1 aliphatic rings. The fourth-order valence-corrected chi connectivity index (χ4v) is 1.98. The third-order valence-corrected chi connectivity index (χ3v) is 2.95. The Morgan fingerprint density at radius 3 is 2.47 bits per heavy atom. The van der Waals surface area contributed by atoms with Crippen molar-refractivity contribution in [2.24, 2.45) is 0 Å². The summed E-state index contributed by atoms with van der Waals surface area (Å²) in [4.78, 5) is 25.3. The highest BCUT2D eigenvalue weighted by atomic mass is 16.2. The number of amides is 2. The molecule has 0 aromatic rings. The minimum absolute atomic E-state index is 0.0366. The van der Waals surface area contributed by atoms with Gasteiger partial charge in [0.15, 0.2) is 0 Å². The fraction of sp³-hybridized carbons (Fsp3) is 0.833. The summed E-state index contributed by atoms with van der Waals surface area (Å²) in [5.74, 6) is -0.0840. The average molecular weight is 241 g/mol. The molecule has 1 heterocycles. The molecule has 1 rings (SSSR count). The van der Waals surface area contributed by atoms with Crippen LogP contribution in [0.1, 0.15) is 33.1 Å². The van der Waals surface area contributed by atoms with Crippen molar-refractivity contribution in [1.29, 1.82) is 0 Å². The van der Waals surface area contributed by atoms with Crippen LogP contribution in [0.2, 0.25) is 0 Å². The van der Waals surface area contributed by atoms with Gasteiger partial charge in [-0.1, -0.05) is 6.92 Å². The van der Waals surface area contributed by atoms with Gasteiger partial charge in [-0.05, 0) is 32.7 Å². The van der Waals surface area contributed by atoms with Crippen LogP contribution in [0.5, 0.6) is 0 Å². The second-order valence-corrected chi connectivity index (χ2v) is 4.46. The summed E-state index contributed by atoms with van der Waals surface area (Å²) in [7, 11) is 0. The van der Waals surface area contributed by atoms with Gasteiger partial charge in [-0.2, -0.15) is 0 Å². The van der Waals surface area contributed by atoms with Crippen molar-refractivity contribution in [2.75, 3.05) is 26.2 Å². The lowest BCUT2D eigenvalue weighted by molar-refractivity contribution is -0.136. The molecule has 1 fully saturated rings. The molecule has 2 N–H and O–H groups in total. The highest BCUT2D eigenvalue weighted by molar-refractivity contribution is 5.88. The first-order valence-electron chi connectivity index (χ1n) is 6.44. The van der Waals surface area contributed by atoms with Crippen molar-refractivity contribution >= 4 is 11.8 Å². The van der Waals surface area contributed by atoms with Crippen LogP contribution in [0, 0.1) is 0 Å². The standard InChI is InChI=1S/C12H23N3O2/c1-3-13-9-11(16)14-10(2)12(17)15-7-5-4-6-8-15/h10,13H,3-9H2,1-2H3,(H,14,16). The van der Waals surface area contributed by atoms with E-state index in [1.54, 1.807) is 6.92 Å². The molecule has 1 atom stereocenters. The molecule has 0 spiro atoms. The quantitative estimate of drug-likeness (QED) is 0.718. The molecule has 0 aromatic carbocycles. The normalized spacial score (nSPS) is 17.6. The summed E-state index contributed by atoms with van der Waals surface area (Å²) in [6, 6.07) is -0.417. The third-order valence-electron chi connectivity index (χ3n) is 2.95. The van der Waals surface area contributed by atoms with Crippen molar-refractivity contribution in [2.45, 2.75) is 39.2 Å². The SMILES string of the molecule is CCNCC(=O)NC(C)C(=O)N1CCCCC1. The van der Waals surface area contributed by atoms with Gasteiger partial charge in [0.05, 0.1) is 6.54 Å². The minimum Gasteiger partial charge on any atom is -0.343 e. The summed E-state index contributed by atoms with van der Waals surface area (Å²) < 4.78 is 0. The highest BCUT2D eigenvalue weighted by Crippen LogP contribution is 2.09. The van der Waals surface area contributed by atoms with Crippen molar-refractivity contribution in [1.82, 2.24) is 15.5 Å². The topological polar surface area (TPSA) is 61.4 Å². The largest absolute Gasteiger partial charge is 0.343 e. The highest BCUT2D eigenvalue weighted by Gasteiger charge is 2.22. The maximum absolute atomic E-state index is 12.0. The van der Waals surface area contributed by atoms with E-state index in [4.69, 9.17) is 0 Å². The zero-order chi connectivity index (χ0) is 12.7. The molecule has 0 aliphatic carbocycles. The molecule has 98 valence electrons. The van der Waals surface area contributed by atoms with Gasteiger partial charge in [0.2, 0.25) is 11.8 Å². The Morgan fingerprint density at radius 2 is 1.88 bits per heavy atom. The van der Waals surface area contributed by atoms with Gasteiger partial charge in [0.1, 0.15) is 6.04 Å². The summed E-state index contributed by atoms with van der Waals surface area (Å²) in [5.41, 5.74) is 0. The molecule has 0 saturated carbocycles. The number of hydrogen-bond donors (Lipinski definition) is 2. The Hall–Kier alpha value is -1.10. The van der Waals surface area contributed by atoms with Crippen LogP contribution in [0.3, 0.4) is 0 Å². The van der Waals surface area contributed by atoms with E-state index in [9.17, 15) is 9.59 Å². The molecular weight excluding hydrogens is 218 g/mol. The molecule has 5 heteroatoms. The Bertz CT molecular complexity index is 262. The van der Waals surface area contributed by atoms with Crippen molar-refractivity contribution in [3.8, 4) is 0 Å². The first-order valence-corrected chi connectivity index (χ1v) is 6.44. The molecular formula is C12H23N3O2. The molecule has 1 unspecified atom stereocenters. The number of nitrogens with zero attached hydrogens (tertiary/aromatic N) is 1. The summed E-state index contributed by atoms with van der Waals surface area (Å²) in [5, 5.41) is 5.65. The number of rotatable bonds is 5. The van der Waals surface area contributed by atoms with Crippen LogP contribution >= 0.6 is 0 Å². The Morgan fingerprint density at radius 1 is 1.24 bits per heavy atom. The van der Waals surface area contributed by atoms with Crippen molar-refractivity contribution in [3.63, 3.8) is 0 Å². The molecule has 0 aromatic heterocycles. The minimum atomic E-state index is -0.417. The van der Waals surface area contributed by atoms with Gasteiger partial charge < -0.3 is 15.5 Å². The summed E-state index contributed by atoms with van der Waals surface area (Å²) >= 11 is 0. The Balaban J connectivity index is 2.32. The van der Waals surface area contributed by atoms with Gasteiger partial charge in [-0.15, -0.1) is 0 Å². The summed E-state index contributed by atoms with van der Waals surface area (Å²) in [6.45, 7) is 6.37. The van der Waals surface area contributed by atoms with E-state index in [1.165, 1.54) is 6.42 Å². The summed E-state index contributed by atoms with van der Waals surface area (Å²) in [6.07, 6.45) is 3.35. The second kappa shape index (κ2) is 7.27. The van der Waals surface area contributed by atoms with E-state index in [0.29, 0.717) is 0 Å². The molecule has 0 radical (unpaired) electrons. The second-order valence-electron chi connectivity index (χ2n) is 4.46. The Labute approximate surface area is 103 Å². The molecule has 2 amide bonds. The van der Waals surface area contributed by atoms with E-state index in [1.807, 2.05) is 11.8 Å². The van der Waals surface area contributed by atoms with Gasteiger partial charge in [-0.25, -0.2) is 0 Å². The van der Waals surface area contributed by atoms with E-state index in [2.05, 4.69) is 10.6 Å².